The fourth-order valence-corrected chi connectivity index (χ4v) is 1.99. The van der Waals surface area contributed by atoms with E-state index in [0.29, 0.717) is 15.9 Å². The molecule has 0 atom stereocenters. The summed E-state index contributed by atoms with van der Waals surface area (Å²) in [5.41, 5.74) is -3.20. The maximum Gasteiger partial charge on any atom is 0.388 e. The van der Waals surface area contributed by atoms with E-state index >= 15 is 0 Å². The largest absolute Gasteiger partial charge is 0.388 e. The van der Waals surface area contributed by atoms with Crippen LogP contribution >= 0.6 is 15.9 Å². The quantitative estimate of drug-likeness (QED) is 0.193. The van der Waals surface area contributed by atoms with Crippen LogP contribution in [0.15, 0.2) is 24.3 Å². The lowest BCUT2D eigenvalue weighted by Gasteiger charge is -2.40. The van der Waals surface area contributed by atoms with E-state index in [0.717, 1.165) is 0 Å². The molecule has 0 spiro atoms. The van der Waals surface area contributed by atoms with Crippen molar-refractivity contribution in [3.05, 3.63) is 39.9 Å². The Balaban J connectivity index is 3.54. The Morgan fingerprint density at radius 1 is 0.679 bits per heavy atom. The van der Waals surface area contributed by atoms with E-state index in [1.54, 1.807) is 0 Å². The summed E-state index contributed by atoms with van der Waals surface area (Å²) in [5.74, 6) is -36.3. The van der Waals surface area contributed by atoms with Crippen LogP contribution in [0.25, 0.3) is 0 Å². The third-order valence-electron chi connectivity index (χ3n) is 3.37. The number of rotatable bonds is 7. The normalized spacial score (nSPS) is 14.9. The Kier molecular flexibility index (Phi) is 5.78. The Bertz CT molecular complexity index is 744. The molecule has 0 heterocycles. The highest BCUT2D eigenvalue weighted by molar-refractivity contribution is 9.10. The fourth-order valence-electron chi connectivity index (χ4n) is 1.74. The molecule has 0 aromatic heterocycles. The van der Waals surface area contributed by atoms with Gasteiger partial charge in [0.15, 0.2) is 0 Å². The smallest absolute Gasteiger partial charge is 0.258 e. The fraction of sp³-hybridized carbons (Fsp3) is 0.500. The molecule has 0 saturated carbocycles. The molecule has 28 heavy (non-hydrogen) atoms. The molecular weight excluding hydrogens is 498 g/mol. The third-order valence-corrected chi connectivity index (χ3v) is 3.87. The first-order valence-corrected chi connectivity index (χ1v) is 7.16. The molecule has 1 aromatic carbocycles. The van der Waals surface area contributed by atoms with Crippen LogP contribution in [-0.2, 0) is 5.92 Å². The maximum absolute atomic E-state index is 13.8. The molecule has 16 heteroatoms. The number of halogens is 13. The molecule has 0 aliphatic heterocycles. The first-order chi connectivity index (χ1) is 12.2. The van der Waals surface area contributed by atoms with Crippen LogP contribution in [0.1, 0.15) is 5.56 Å². The van der Waals surface area contributed by atoms with Crippen molar-refractivity contribution < 1.29 is 57.6 Å². The molecule has 1 rings (SSSR count). The van der Waals surface area contributed by atoms with Crippen molar-refractivity contribution in [2.24, 2.45) is 0 Å². The van der Waals surface area contributed by atoms with Crippen LogP contribution in [0, 0.1) is 10.1 Å². The van der Waals surface area contributed by atoms with E-state index in [2.05, 4.69) is 0 Å². The molecule has 0 fully saturated rings. The molecular formula is C12H4BrF12NO2. The van der Waals surface area contributed by atoms with Gasteiger partial charge in [-0.15, -0.1) is 0 Å². The molecule has 0 N–H and O–H groups in total. The summed E-state index contributed by atoms with van der Waals surface area (Å²) in [4.78, 5) is 2.95. The predicted octanol–water partition coefficient (Wildman–Crippen LogP) is 6.22. The molecule has 0 bridgehead atoms. The predicted molar refractivity (Wildman–Crippen MR) is 70.7 cm³/mol. The summed E-state index contributed by atoms with van der Waals surface area (Å²) in [6.07, 6.45) is 0. The summed E-state index contributed by atoms with van der Waals surface area (Å²) in [7, 11) is 0. The van der Waals surface area contributed by atoms with E-state index in [-0.39, 0.29) is 24.3 Å². The van der Waals surface area contributed by atoms with Gasteiger partial charge in [0.1, 0.15) is 0 Å². The average Bonchev–Trinajstić information content (AvgIpc) is 2.53. The van der Waals surface area contributed by atoms with Gasteiger partial charge >= 0.3 is 34.4 Å². The van der Waals surface area contributed by atoms with Gasteiger partial charge in [-0.25, -0.2) is 0 Å². The van der Waals surface area contributed by atoms with Crippen molar-refractivity contribution in [1.82, 2.24) is 0 Å². The van der Waals surface area contributed by atoms with Crippen LogP contribution in [0.3, 0.4) is 0 Å². The minimum atomic E-state index is -7.70. The lowest BCUT2D eigenvalue weighted by molar-refractivity contribution is -0.418. The number of hydrogen-bond acceptors (Lipinski definition) is 2. The molecule has 0 saturated heterocycles. The van der Waals surface area contributed by atoms with Gasteiger partial charge in [0.2, 0.25) is 0 Å². The Morgan fingerprint density at radius 2 is 1.04 bits per heavy atom. The van der Waals surface area contributed by atoms with Crippen LogP contribution in [0.4, 0.5) is 58.4 Å². The zero-order valence-corrected chi connectivity index (χ0v) is 14.1. The van der Waals surface area contributed by atoms with Gasteiger partial charge in [-0.1, -0.05) is 0 Å². The zero-order chi connectivity index (χ0) is 22.6. The lowest BCUT2D eigenvalue weighted by Crippen LogP contribution is -2.69. The SMILES string of the molecule is O=[N+]([O-])c1ccc(C(F)(F)C(F)(F)C(F)(F)C(F)(F)C(F)(F)C(F)(F)Br)cc1. The van der Waals surface area contributed by atoms with Gasteiger partial charge in [0.25, 0.3) is 5.69 Å². The van der Waals surface area contributed by atoms with Crippen LogP contribution in [-0.4, -0.2) is 33.4 Å². The Morgan fingerprint density at radius 3 is 1.36 bits per heavy atom. The number of nitrogens with zero attached hydrogens (tertiary/aromatic N) is 1. The Labute approximate surface area is 154 Å². The molecule has 0 radical (unpaired) electrons. The second-order valence-electron chi connectivity index (χ2n) is 5.17. The second-order valence-corrected chi connectivity index (χ2v) is 6.17. The van der Waals surface area contributed by atoms with Crippen molar-refractivity contribution in [2.75, 3.05) is 0 Å². The van der Waals surface area contributed by atoms with E-state index in [1.165, 1.54) is 0 Å². The molecule has 160 valence electrons. The van der Waals surface area contributed by atoms with Crippen molar-refractivity contribution in [3.63, 3.8) is 0 Å². The number of benzene rings is 1. The molecule has 0 aliphatic carbocycles. The Hall–Kier alpha value is -1.74. The standard InChI is InChI=1S/C12H4BrF12NO2/c13-12(24,25)11(22,23)10(20,21)9(18,19)8(16,17)7(14,15)5-1-3-6(4-2-5)26(27)28/h1-4H. The summed E-state index contributed by atoms with van der Waals surface area (Å²) >= 11 is 0.619. The topological polar surface area (TPSA) is 43.1 Å². The van der Waals surface area contributed by atoms with Gasteiger partial charge < -0.3 is 0 Å². The first-order valence-electron chi connectivity index (χ1n) is 6.37. The van der Waals surface area contributed by atoms with E-state index in [4.69, 9.17) is 0 Å². The zero-order valence-electron chi connectivity index (χ0n) is 12.5. The van der Waals surface area contributed by atoms with Gasteiger partial charge in [-0.3, -0.25) is 10.1 Å². The molecule has 0 unspecified atom stereocenters. The summed E-state index contributed by atoms with van der Waals surface area (Å²) in [5, 5.41) is 10.3. The maximum atomic E-state index is 13.8. The number of hydrogen-bond donors (Lipinski definition) is 0. The van der Waals surface area contributed by atoms with E-state index in [9.17, 15) is 62.8 Å². The lowest BCUT2D eigenvalue weighted by atomic mass is 9.91. The van der Waals surface area contributed by atoms with Gasteiger partial charge in [0, 0.05) is 17.7 Å². The molecule has 3 nitrogen and oxygen atoms in total. The first kappa shape index (κ1) is 24.3. The van der Waals surface area contributed by atoms with Crippen LogP contribution in [0.5, 0.6) is 0 Å². The summed E-state index contributed by atoms with van der Waals surface area (Å²) in [6.45, 7) is 0. The summed E-state index contributed by atoms with van der Waals surface area (Å²) < 4.78 is 159. The van der Waals surface area contributed by atoms with E-state index in [1.807, 2.05) is 0 Å². The van der Waals surface area contributed by atoms with Gasteiger partial charge in [-0.05, 0) is 28.1 Å². The summed E-state index contributed by atoms with van der Waals surface area (Å²) in [6, 6.07) is -0.233. The van der Waals surface area contributed by atoms with Crippen LogP contribution < -0.4 is 0 Å². The van der Waals surface area contributed by atoms with Crippen molar-refractivity contribution in [1.29, 1.82) is 0 Å². The minimum Gasteiger partial charge on any atom is -0.258 e. The molecule has 0 amide bonds. The van der Waals surface area contributed by atoms with E-state index < -0.39 is 50.6 Å². The number of non-ortho nitro benzene ring substituents is 1. The number of alkyl halides is 13. The average molecular weight is 502 g/mol. The van der Waals surface area contributed by atoms with Crippen molar-refractivity contribution >= 4 is 21.6 Å². The van der Waals surface area contributed by atoms with Crippen LogP contribution in [0.2, 0.25) is 0 Å². The second kappa shape index (κ2) is 6.66. The highest BCUT2D eigenvalue weighted by Gasteiger charge is 2.90. The van der Waals surface area contributed by atoms with Gasteiger partial charge in [-0.2, -0.15) is 52.7 Å². The minimum absolute atomic E-state index is 0.108. The van der Waals surface area contributed by atoms with Gasteiger partial charge in [0.05, 0.1) is 4.92 Å². The monoisotopic (exact) mass is 501 g/mol. The van der Waals surface area contributed by atoms with Crippen molar-refractivity contribution in [3.8, 4) is 0 Å². The highest BCUT2D eigenvalue weighted by Crippen LogP contribution is 2.62. The number of nitro benzene ring substituents is 1. The highest BCUT2D eigenvalue weighted by atomic mass is 79.9. The van der Waals surface area contributed by atoms with Crippen molar-refractivity contribution in [2.45, 2.75) is 34.4 Å². The number of nitro groups is 1. The molecule has 0 aliphatic rings. The molecule has 1 aromatic rings. The third kappa shape index (κ3) is 3.28.